The summed E-state index contributed by atoms with van der Waals surface area (Å²) in [6, 6.07) is 4.59. The first kappa shape index (κ1) is 20.1. The van der Waals surface area contributed by atoms with Crippen molar-refractivity contribution < 1.29 is 19.7 Å². The molecule has 2 rings (SSSR count). The van der Waals surface area contributed by atoms with E-state index in [0.29, 0.717) is 22.1 Å². The van der Waals surface area contributed by atoms with Gasteiger partial charge in [-0.05, 0) is 53.4 Å². The molecule has 0 radical (unpaired) electrons. The van der Waals surface area contributed by atoms with Gasteiger partial charge in [-0.2, -0.15) is 0 Å². The van der Waals surface area contributed by atoms with Gasteiger partial charge in [0.1, 0.15) is 0 Å². The first-order valence-corrected chi connectivity index (χ1v) is 8.29. The zero-order valence-corrected chi connectivity index (χ0v) is 15.6. The van der Waals surface area contributed by atoms with Crippen LogP contribution in [0, 0.1) is 16.7 Å². The van der Waals surface area contributed by atoms with Gasteiger partial charge >= 0.3 is 5.97 Å². The lowest BCUT2D eigenvalue weighted by atomic mass is 9.67. The fourth-order valence-corrected chi connectivity index (χ4v) is 2.89. The number of carboxylic acids is 1. The van der Waals surface area contributed by atoms with Crippen molar-refractivity contribution in [2.24, 2.45) is 16.7 Å². The zero-order valence-electron chi connectivity index (χ0n) is 15.6. The molecule has 4 nitrogen and oxygen atoms in total. The second kappa shape index (κ2) is 7.73. The molecule has 1 aromatic carbocycles. The van der Waals surface area contributed by atoms with Gasteiger partial charge < -0.3 is 14.9 Å². The van der Waals surface area contributed by atoms with Crippen molar-refractivity contribution in [2.75, 3.05) is 7.11 Å². The number of carboxylic acid groups (broad SMARTS) is 1. The normalized spacial score (nSPS) is 21.2. The maximum Gasteiger partial charge on any atom is 0.328 e. The van der Waals surface area contributed by atoms with Crippen molar-refractivity contribution >= 4 is 12.0 Å². The van der Waals surface area contributed by atoms with Crippen LogP contribution in [0.25, 0.3) is 6.08 Å². The highest BCUT2D eigenvalue weighted by Crippen LogP contribution is 2.55. The molecule has 24 heavy (non-hydrogen) atoms. The third-order valence-corrected chi connectivity index (χ3v) is 5.80. The monoisotopic (exact) mass is 334 g/mol. The summed E-state index contributed by atoms with van der Waals surface area (Å²) < 4.78 is 4.86. The van der Waals surface area contributed by atoms with Crippen LogP contribution in [0.2, 0.25) is 0 Å². The Kier molecular flexibility index (Phi) is 6.47. The molecule has 4 heteroatoms. The minimum Gasteiger partial charge on any atom is -0.504 e. The molecule has 1 aliphatic carbocycles. The van der Waals surface area contributed by atoms with E-state index in [4.69, 9.17) is 9.84 Å². The highest BCUT2D eigenvalue weighted by atomic mass is 16.5. The Labute approximate surface area is 145 Å². The van der Waals surface area contributed by atoms with Gasteiger partial charge in [0.15, 0.2) is 11.5 Å². The third kappa shape index (κ3) is 4.76. The number of phenolic OH excluding ortho intramolecular Hbond substituents is 1. The number of aliphatic carboxylic acids is 1. The highest BCUT2D eigenvalue weighted by Gasteiger charge is 2.45. The lowest BCUT2D eigenvalue weighted by Crippen LogP contribution is -2.30. The molecule has 1 saturated carbocycles. The molecule has 0 spiro atoms. The van der Waals surface area contributed by atoms with Crippen LogP contribution in [0.15, 0.2) is 24.3 Å². The number of benzene rings is 1. The number of rotatable bonds is 3. The molecule has 0 aromatic heterocycles. The molecular formula is C20H30O4. The first-order chi connectivity index (χ1) is 11.0. The number of aromatic hydroxyl groups is 1. The van der Waals surface area contributed by atoms with Crippen LogP contribution in [0.3, 0.4) is 0 Å². The molecule has 2 N–H and O–H groups in total. The smallest absolute Gasteiger partial charge is 0.328 e. The second-order valence-electron chi connectivity index (χ2n) is 7.65. The fourth-order valence-electron chi connectivity index (χ4n) is 2.89. The van der Waals surface area contributed by atoms with E-state index >= 15 is 0 Å². The van der Waals surface area contributed by atoms with Crippen LogP contribution in [0.1, 0.15) is 53.0 Å². The van der Waals surface area contributed by atoms with Crippen LogP contribution < -0.4 is 4.74 Å². The number of hydrogen-bond donors (Lipinski definition) is 2. The van der Waals surface area contributed by atoms with Gasteiger partial charge in [-0.15, -0.1) is 0 Å². The third-order valence-electron chi connectivity index (χ3n) is 5.80. The van der Waals surface area contributed by atoms with Crippen molar-refractivity contribution in [2.45, 2.75) is 47.5 Å². The summed E-state index contributed by atoms with van der Waals surface area (Å²) in [6.07, 6.45) is 5.26. The molecule has 134 valence electrons. The van der Waals surface area contributed by atoms with E-state index in [9.17, 15) is 9.90 Å². The second-order valence-corrected chi connectivity index (χ2v) is 7.65. The van der Waals surface area contributed by atoms with Crippen LogP contribution in [0.5, 0.6) is 11.5 Å². The summed E-state index contributed by atoms with van der Waals surface area (Å²) in [5, 5.41) is 17.6. The summed E-state index contributed by atoms with van der Waals surface area (Å²) in [5.74, 6) is 0.233. The molecule has 1 atom stereocenters. The molecule has 0 bridgehead atoms. The van der Waals surface area contributed by atoms with Gasteiger partial charge in [-0.1, -0.05) is 40.7 Å². The molecule has 1 fully saturated rings. The Balaban J connectivity index is 0.000000254. The maximum absolute atomic E-state index is 10.2. The Morgan fingerprint density at radius 2 is 1.92 bits per heavy atom. The summed E-state index contributed by atoms with van der Waals surface area (Å²) in [4.78, 5) is 10.2. The number of ether oxygens (including phenoxy) is 1. The summed E-state index contributed by atoms with van der Waals surface area (Å²) in [7, 11) is 1.43. The molecule has 1 aromatic rings. The quantitative estimate of drug-likeness (QED) is 0.766. The Morgan fingerprint density at radius 1 is 1.29 bits per heavy atom. The number of phenols is 1. The molecule has 0 saturated heterocycles. The lowest BCUT2D eigenvalue weighted by molar-refractivity contribution is -0.131. The molecule has 0 amide bonds. The van der Waals surface area contributed by atoms with Gasteiger partial charge in [0.2, 0.25) is 0 Å². The summed E-state index contributed by atoms with van der Waals surface area (Å²) in [5.41, 5.74) is 1.77. The SMILES string of the molecule is CC1CCC(C)(C)C1(C)C.COc1cc(/C=C/C(=O)O)ccc1O. The van der Waals surface area contributed by atoms with E-state index in [-0.39, 0.29) is 5.75 Å². The van der Waals surface area contributed by atoms with E-state index in [1.165, 1.54) is 32.1 Å². The molecule has 0 aliphatic heterocycles. The summed E-state index contributed by atoms with van der Waals surface area (Å²) in [6.45, 7) is 12.0. The predicted octanol–water partition coefficient (Wildman–Crippen LogP) is 4.97. The maximum atomic E-state index is 10.2. The topological polar surface area (TPSA) is 66.8 Å². The minimum atomic E-state index is -1.02. The Bertz CT molecular complexity index is 600. The Morgan fingerprint density at radius 3 is 2.29 bits per heavy atom. The molecule has 1 unspecified atom stereocenters. The van der Waals surface area contributed by atoms with Gasteiger partial charge in [-0.25, -0.2) is 4.79 Å². The van der Waals surface area contributed by atoms with E-state index in [0.717, 1.165) is 12.0 Å². The van der Waals surface area contributed by atoms with Gasteiger partial charge in [0.05, 0.1) is 7.11 Å². The average Bonchev–Trinajstić information content (AvgIpc) is 2.69. The zero-order chi connectivity index (χ0) is 18.5. The standard InChI is InChI=1S/C10H10O4.C10H20/c1-14-9-6-7(2-4-8(9)11)3-5-10(12)13;1-8-6-7-9(2,3)10(8,4)5/h2-6,11H,1H3,(H,12,13);8H,6-7H2,1-5H3/b5-3+;. The predicted molar refractivity (Wildman–Crippen MR) is 97.3 cm³/mol. The van der Waals surface area contributed by atoms with Gasteiger partial charge in [-0.3, -0.25) is 0 Å². The first-order valence-electron chi connectivity index (χ1n) is 8.29. The van der Waals surface area contributed by atoms with Gasteiger partial charge in [0.25, 0.3) is 0 Å². The van der Waals surface area contributed by atoms with E-state index in [2.05, 4.69) is 34.6 Å². The number of carbonyl (C=O) groups is 1. The minimum absolute atomic E-state index is 0.0278. The molecular weight excluding hydrogens is 304 g/mol. The number of hydrogen-bond acceptors (Lipinski definition) is 3. The van der Waals surface area contributed by atoms with E-state index in [1.807, 2.05) is 0 Å². The van der Waals surface area contributed by atoms with Crippen molar-refractivity contribution in [3.8, 4) is 11.5 Å². The average molecular weight is 334 g/mol. The van der Waals surface area contributed by atoms with Crippen LogP contribution in [-0.2, 0) is 4.79 Å². The molecule has 1 aliphatic rings. The van der Waals surface area contributed by atoms with Gasteiger partial charge in [0, 0.05) is 6.08 Å². The number of methoxy groups -OCH3 is 1. The van der Waals surface area contributed by atoms with E-state index in [1.54, 1.807) is 12.1 Å². The molecule has 0 heterocycles. The van der Waals surface area contributed by atoms with Crippen LogP contribution in [-0.4, -0.2) is 23.3 Å². The Hall–Kier alpha value is -1.97. The van der Waals surface area contributed by atoms with Crippen molar-refractivity contribution in [3.63, 3.8) is 0 Å². The van der Waals surface area contributed by atoms with Crippen LogP contribution in [0.4, 0.5) is 0 Å². The fraction of sp³-hybridized carbons (Fsp3) is 0.550. The highest BCUT2D eigenvalue weighted by molar-refractivity contribution is 5.85. The summed E-state index contributed by atoms with van der Waals surface area (Å²) >= 11 is 0. The van der Waals surface area contributed by atoms with E-state index < -0.39 is 5.97 Å². The lowest BCUT2D eigenvalue weighted by Gasteiger charge is -2.37. The van der Waals surface area contributed by atoms with Crippen molar-refractivity contribution in [1.29, 1.82) is 0 Å². The largest absolute Gasteiger partial charge is 0.504 e. The van der Waals surface area contributed by atoms with Crippen molar-refractivity contribution in [3.05, 3.63) is 29.8 Å². The van der Waals surface area contributed by atoms with Crippen molar-refractivity contribution in [1.82, 2.24) is 0 Å². The van der Waals surface area contributed by atoms with Crippen LogP contribution >= 0.6 is 0 Å².